The lowest BCUT2D eigenvalue weighted by atomic mass is 10.1. The molecule has 0 fully saturated rings. The van der Waals surface area contributed by atoms with Crippen LogP contribution in [0.4, 0.5) is 0 Å². The summed E-state index contributed by atoms with van der Waals surface area (Å²) in [6.45, 7) is 1.99. The number of rotatable bonds is 7. The number of hydrogen-bond donors (Lipinski definition) is 0. The van der Waals surface area contributed by atoms with E-state index in [1.54, 1.807) is 18.6 Å². The molecule has 0 radical (unpaired) electrons. The zero-order valence-electron chi connectivity index (χ0n) is 16.9. The molecule has 0 N–H and O–H groups in total. The van der Waals surface area contributed by atoms with Gasteiger partial charge in [-0.25, -0.2) is 4.98 Å². The minimum atomic E-state index is 0.192. The van der Waals surface area contributed by atoms with Crippen molar-refractivity contribution in [1.82, 2.24) is 14.5 Å². The highest BCUT2D eigenvalue weighted by Crippen LogP contribution is 2.33. The van der Waals surface area contributed by atoms with Crippen molar-refractivity contribution < 1.29 is 9.53 Å². The molecule has 2 aromatic heterocycles. The molecule has 4 aromatic rings. The van der Waals surface area contributed by atoms with Crippen molar-refractivity contribution in [3.05, 3.63) is 71.8 Å². The zero-order valence-corrected chi connectivity index (χ0v) is 17.7. The molecule has 2 heterocycles. The summed E-state index contributed by atoms with van der Waals surface area (Å²) in [5, 5.41) is 1.43. The molecule has 0 saturated carbocycles. The number of aryl methyl sites for hydroxylation is 1. The van der Waals surface area contributed by atoms with Crippen molar-refractivity contribution in [1.29, 1.82) is 0 Å². The maximum Gasteiger partial charge on any atom is 0.138 e. The molecule has 4 rings (SSSR count). The molecule has 30 heavy (non-hydrogen) atoms. The van der Waals surface area contributed by atoms with Gasteiger partial charge in [-0.2, -0.15) is 0 Å². The smallest absolute Gasteiger partial charge is 0.138 e. The van der Waals surface area contributed by atoms with E-state index in [1.807, 2.05) is 61.1 Å². The number of imidazole rings is 1. The lowest BCUT2D eigenvalue weighted by Crippen LogP contribution is -2.02. The second kappa shape index (κ2) is 8.67. The van der Waals surface area contributed by atoms with Crippen molar-refractivity contribution in [3.63, 3.8) is 0 Å². The van der Waals surface area contributed by atoms with E-state index >= 15 is 0 Å². The van der Waals surface area contributed by atoms with Crippen LogP contribution in [0.2, 0.25) is 5.02 Å². The van der Waals surface area contributed by atoms with Crippen LogP contribution in [0, 0.1) is 0 Å². The molecule has 0 aliphatic heterocycles. The van der Waals surface area contributed by atoms with Crippen LogP contribution in [0.3, 0.4) is 0 Å². The number of ketones is 1. The Morgan fingerprint density at radius 2 is 2.00 bits per heavy atom. The normalized spacial score (nSPS) is 11.0. The fourth-order valence-electron chi connectivity index (χ4n) is 3.37. The number of aromatic nitrogens is 3. The fraction of sp³-hybridized carbons (Fsp3) is 0.208. The molecule has 0 atom stereocenters. The van der Waals surface area contributed by atoms with Gasteiger partial charge in [-0.15, -0.1) is 0 Å². The average Bonchev–Trinajstić information content (AvgIpc) is 3.16. The number of halogens is 1. The minimum absolute atomic E-state index is 0.192. The van der Waals surface area contributed by atoms with Gasteiger partial charge in [0.25, 0.3) is 0 Å². The van der Waals surface area contributed by atoms with E-state index < -0.39 is 0 Å². The zero-order chi connectivity index (χ0) is 21.1. The van der Waals surface area contributed by atoms with Gasteiger partial charge in [0, 0.05) is 48.3 Å². The van der Waals surface area contributed by atoms with Crippen LogP contribution in [-0.4, -0.2) is 20.3 Å². The molecule has 0 bridgehead atoms. The summed E-state index contributed by atoms with van der Waals surface area (Å²) >= 11 is 6.40. The molecule has 0 spiro atoms. The van der Waals surface area contributed by atoms with Crippen LogP contribution in [0.5, 0.6) is 11.5 Å². The van der Waals surface area contributed by atoms with Gasteiger partial charge >= 0.3 is 0 Å². The molecular formula is C24H22ClN3O2. The molecular weight excluding hydrogens is 398 g/mol. The van der Waals surface area contributed by atoms with Crippen molar-refractivity contribution in [2.24, 2.45) is 7.05 Å². The topological polar surface area (TPSA) is 57.0 Å². The first-order chi connectivity index (χ1) is 14.5. The third-order valence-electron chi connectivity index (χ3n) is 4.87. The Labute approximate surface area is 180 Å². The molecule has 0 amide bonds. The molecule has 0 saturated heterocycles. The number of nitrogens with zero attached hydrogens (tertiary/aromatic N) is 3. The van der Waals surface area contributed by atoms with Crippen LogP contribution in [-0.2, 0) is 18.3 Å². The largest absolute Gasteiger partial charge is 0.457 e. The lowest BCUT2D eigenvalue weighted by molar-refractivity contribution is -0.118. The van der Waals surface area contributed by atoms with E-state index in [1.165, 1.54) is 0 Å². The number of carbonyl (C=O) groups excluding carboxylic acids is 1. The van der Waals surface area contributed by atoms with E-state index in [4.69, 9.17) is 16.3 Å². The molecule has 2 aromatic carbocycles. The van der Waals surface area contributed by atoms with Crippen molar-refractivity contribution in [2.45, 2.75) is 26.2 Å². The van der Waals surface area contributed by atoms with Gasteiger partial charge in [0.1, 0.15) is 17.3 Å². The van der Waals surface area contributed by atoms with Crippen molar-refractivity contribution in [3.8, 4) is 22.8 Å². The monoisotopic (exact) mass is 419 g/mol. The maximum absolute atomic E-state index is 11.9. The number of hydrogen-bond acceptors (Lipinski definition) is 4. The third-order valence-corrected chi connectivity index (χ3v) is 5.22. The first kappa shape index (κ1) is 20.1. The Balaban J connectivity index is 1.59. The summed E-state index contributed by atoms with van der Waals surface area (Å²) in [6, 6.07) is 13.3. The Kier molecular flexibility index (Phi) is 5.81. The standard InChI is InChI=1S/C24H22ClN3O2/c1-3-4-18(29)11-16-5-7-19(13-21(16)25)30-24-9-10-26-22-12-17(6-8-20(22)24)23-14-28(2)15-27-23/h5-10,12-15H,3-4,11H2,1-2H3. The number of carbonyl (C=O) groups is 1. The van der Waals surface area contributed by atoms with E-state index in [2.05, 4.69) is 9.97 Å². The Bertz CT molecular complexity index is 1220. The summed E-state index contributed by atoms with van der Waals surface area (Å²) in [7, 11) is 1.94. The van der Waals surface area contributed by atoms with Crippen LogP contribution >= 0.6 is 11.6 Å². The Morgan fingerprint density at radius 3 is 2.73 bits per heavy atom. The molecule has 5 nitrogen and oxygen atoms in total. The minimum Gasteiger partial charge on any atom is -0.457 e. The van der Waals surface area contributed by atoms with Gasteiger partial charge in [-0.1, -0.05) is 30.7 Å². The summed E-state index contributed by atoms with van der Waals surface area (Å²) in [6.07, 6.45) is 7.22. The van der Waals surface area contributed by atoms with Crippen LogP contribution < -0.4 is 4.74 Å². The van der Waals surface area contributed by atoms with Crippen molar-refractivity contribution in [2.75, 3.05) is 0 Å². The number of Topliss-reactive ketones (excluding diaryl/α,β-unsaturated/α-hetero) is 1. The van der Waals surface area contributed by atoms with E-state index in [0.29, 0.717) is 29.4 Å². The maximum atomic E-state index is 11.9. The van der Waals surface area contributed by atoms with Gasteiger partial charge in [-0.3, -0.25) is 9.78 Å². The van der Waals surface area contributed by atoms with Crippen molar-refractivity contribution >= 4 is 28.3 Å². The van der Waals surface area contributed by atoms with Gasteiger partial charge in [0.05, 0.1) is 17.5 Å². The Morgan fingerprint density at radius 1 is 1.13 bits per heavy atom. The number of pyridine rings is 1. The molecule has 152 valence electrons. The third kappa shape index (κ3) is 4.36. The summed E-state index contributed by atoms with van der Waals surface area (Å²) < 4.78 is 8.01. The average molecular weight is 420 g/mol. The number of benzene rings is 2. The van der Waals surface area contributed by atoms with Gasteiger partial charge in [0.2, 0.25) is 0 Å². The first-order valence-electron chi connectivity index (χ1n) is 9.88. The summed E-state index contributed by atoms with van der Waals surface area (Å²) in [5.41, 5.74) is 3.54. The second-order valence-corrected chi connectivity index (χ2v) is 7.69. The quantitative estimate of drug-likeness (QED) is 0.369. The fourth-order valence-corrected chi connectivity index (χ4v) is 3.61. The van der Waals surface area contributed by atoms with Gasteiger partial charge in [0.15, 0.2) is 0 Å². The van der Waals surface area contributed by atoms with E-state index in [9.17, 15) is 4.79 Å². The highest BCUT2D eigenvalue weighted by Gasteiger charge is 2.11. The number of ether oxygens (including phenoxy) is 1. The highest BCUT2D eigenvalue weighted by atomic mass is 35.5. The Hall–Kier alpha value is -3.18. The van der Waals surface area contributed by atoms with Gasteiger partial charge < -0.3 is 9.30 Å². The molecule has 0 unspecified atom stereocenters. The van der Waals surface area contributed by atoms with Crippen LogP contribution in [0.25, 0.3) is 22.2 Å². The SMILES string of the molecule is CCCC(=O)Cc1ccc(Oc2ccnc3cc(-c4cn(C)cn4)ccc23)cc1Cl. The molecule has 6 heteroatoms. The second-order valence-electron chi connectivity index (χ2n) is 7.29. The van der Waals surface area contributed by atoms with Gasteiger partial charge in [-0.05, 0) is 42.3 Å². The highest BCUT2D eigenvalue weighted by molar-refractivity contribution is 6.31. The predicted octanol–water partition coefficient (Wildman–Crippen LogP) is 5.99. The van der Waals surface area contributed by atoms with E-state index in [0.717, 1.165) is 34.1 Å². The number of fused-ring (bicyclic) bond motifs is 1. The molecule has 0 aliphatic carbocycles. The predicted molar refractivity (Wildman–Crippen MR) is 119 cm³/mol. The molecule has 0 aliphatic rings. The lowest BCUT2D eigenvalue weighted by Gasteiger charge is -2.11. The van der Waals surface area contributed by atoms with Crippen LogP contribution in [0.1, 0.15) is 25.3 Å². The summed E-state index contributed by atoms with van der Waals surface area (Å²) in [4.78, 5) is 20.8. The van der Waals surface area contributed by atoms with Crippen LogP contribution in [0.15, 0.2) is 61.2 Å². The van der Waals surface area contributed by atoms with E-state index in [-0.39, 0.29) is 5.78 Å². The first-order valence-corrected chi connectivity index (χ1v) is 10.3. The summed E-state index contributed by atoms with van der Waals surface area (Å²) in [5.74, 6) is 1.50.